The second-order valence-electron chi connectivity index (χ2n) is 6.88. The summed E-state index contributed by atoms with van der Waals surface area (Å²) < 4.78 is 41.1. The minimum absolute atomic E-state index is 0. The number of nitrogens with two attached hydrogens (primary N) is 1. The van der Waals surface area contributed by atoms with Crippen LogP contribution < -0.4 is 26.6 Å². The molecule has 0 fully saturated rings. The number of sulfonamides is 1. The van der Waals surface area contributed by atoms with Crippen LogP contribution in [0, 0.1) is 5.82 Å². The van der Waals surface area contributed by atoms with E-state index in [2.05, 4.69) is 10.3 Å². The maximum atomic E-state index is 14.2. The van der Waals surface area contributed by atoms with Gasteiger partial charge in [0.15, 0.2) is 0 Å². The van der Waals surface area contributed by atoms with Crippen molar-refractivity contribution in [3.05, 3.63) is 79.5 Å². The van der Waals surface area contributed by atoms with Crippen molar-refractivity contribution >= 4 is 113 Å². The zero-order chi connectivity index (χ0) is 24.8. The van der Waals surface area contributed by atoms with Gasteiger partial charge in [-0.15, -0.1) is 11.3 Å². The Balaban J connectivity index is 0.00000342. The molecular weight excluding hydrogens is 548 g/mol. The molecule has 10 nitrogen and oxygen atoms in total. The van der Waals surface area contributed by atoms with Crippen molar-refractivity contribution < 1.29 is 17.6 Å². The van der Waals surface area contributed by atoms with Gasteiger partial charge < -0.3 is 16.0 Å². The van der Waals surface area contributed by atoms with Crippen LogP contribution in [0.5, 0.6) is 0 Å². The zero-order valence-electron chi connectivity index (χ0n) is 17.2. The van der Waals surface area contributed by atoms with Gasteiger partial charge in [-0.3, -0.25) is 4.79 Å². The molecule has 2 heterocycles. The van der Waals surface area contributed by atoms with Gasteiger partial charge in [0, 0.05) is 7.05 Å². The van der Waals surface area contributed by atoms with E-state index in [0.717, 1.165) is 22.0 Å². The summed E-state index contributed by atoms with van der Waals surface area (Å²) >= 11 is 6.56. The Morgan fingerprint density at radius 3 is 2.37 bits per heavy atom. The predicted octanol–water partition coefficient (Wildman–Crippen LogP) is 2.20. The van der Waals surface area contributed by atoms with Gasteiger partial charge in [0.25, 0.3) is 15.6 Å². The number of nitrogens with zero attached hydrogens (tertiary/aromatic N) is 2. The fourth-order valence-electron chi connectivity index (χ4n) is 3.31. The van der Waals surface area contributed by atoms with Gasteiger partial charge in [0.05, 0.1) is 32.3 Å². The quantitative estimate of drug-likeness (QED) is 0.317. The second-order valence-corrected chi connectivity index (χ2v) is 10.6. The molecule has 0 saturated heterocycles. The predicted molar refractivity (Wildman–Crippen MR) is 135 cm³/mol. The molecule has 0 atom stereocenters. The molecule has 0 aliphatic rings. The van der Waals surface area contributed by atoms with Crippen molar-refractivity contribution in [1.29, 1.82) is 0 Å². The molecule has 15 heteroatoms. The van der Waals surface area contributed by atoms with Crippen molar-refractivity contribution in [2.24, 2.45) is 5.73 Å². The van der Waals surface area contributed by atoms with Gasteiger partial charge in [-0.1, -0.05) is 11.6 Å². The summed E-state index contributed by atoms with van der Waals surface area (Å²) in [5.41, 5.74) is 3.89. The monoisotopic (exact) mass is 563 g/mol. The number of aromatic nitrogens is 2. The van der Waals surface area contributed by atoms with Crippen LogP contribution in [-0.2, 0) is 10.0 Å². The standard InChI is InChI=1S/C20H15ClFN5O5S2.K.H/c1-24-15-9-14-12(8-13(15)22)18(28)26(20(30)25-14)10-2-4-11(5-3-10)27(19(23)29)34(31,32)17-7-6-16(21)33-17;;/h2-9,24H,1H3,(H2,23,29)(H,25,30);;. The number of aromatic amines is 1. The number of halogens is 2. The molecule has 4 aromatic rings. The number of urea groups is 1. The van der Waals surface area contributed by atoms with Gasteiger partial charge in [-0.25, -0.2) is 18.5 Å². The third-order valence-electron chi connectivity index (χ3n) is 4.84. The van der Waals surface area contributed by atoms with Gasteiger partial charge in [0.2, 0.25) is 0 Å². The summed E-state index contributed by atoms with van der Waals surface area (Å²) in [7, 11) is -2.86. The summed E-state index contributed by atoms with van der Waals surface area (Å²) in [6.07, 6.45) is 0. The first-order chi connectivity index (χ1) is 16.0. The molecule has 2 amide bonds. The first-order valence-electron chi connectivity index (χ1n) is 9.41. The van der Waals surface area contributed by atoms with Crippen molar-refractivity contribution in [1.82, 2.24) is 9.55 Å². The number of H-pyrrole nitrogens is 1. The summed E-state index contributed by atoms with van der Waals surface area (Å²) in [6, 6.07) is 8.54. The third-order valence-corrected chi connectivity index (χ3v) is 8.26. The van der Waals surface area contributed by atoms with Crippen LogP contribution in [0.4, 0.5) is 20.6 Å². The summed E-state index contributed by atoms with van der Waals surface area (Å²) in [5.74, 6) is -0.683. The van der Waals surface area contributed by atoms with Gasteiger partial charge >= 0.3 is 63.1 Å². The molecule has 4 rings (SSSR count). The van der Waals surface area contributed by atoms with Gasteiger partial charge in [-0.05, 0) is 48.5 Å². The topological polar surface area (TPSA) is 147 Å². The first kappa shape index (κ1) is 27.5. The zero-order valence-corrected chi connectivity index (χ0v) is 19.6. The SMILES string of the molecule is CNc1cc2[nH]c(=O)n(-c3ccc(N(C(N)=O)S(=O)(=O)c4ccc(Cl)s4)cc3)c(=O)c2cc1F.[KH]. The van der Waals surface area contributed by atoms with Crippen LogP contribution >= 0.6 is 22.9 Å². The number of benzene rings is 2. The summed E-state index contributed by atoms with van der Waals surface area (Å²) in [6.45, 7) is 0. The van der Waals surface area contributed by atoms with E-state index in [-0.39, 0.29) is 87.9 Å². The molecule has 0 aliphatic heterocycles. The Kier molecular flexibility index (Phi) is 8.28. The number of hydrogen-bond acceptors (Lipinski definition) is 7. The van der Waals surface area contributed by atoms with E-state index in [9.17, 15) is 27.2 Å². The molecule has 0 saturated carbocycles. The maximum absolute atomic E-state index is 14.2. The number of carbonyl (C=O) groups excluding carboxylic acids is 1. The summed E-state index contributed by atoms with van der Waals surface area (Å²) in [4.78, 5) is 40.1. The fourth-order valence-corrected chi connectivity index (χ4v) is 6.20. The van der Waals surface area contributed by atoms with E-state index in [1.165, 1.54) is 49.5 Å². The van der Waals surface area contributed by atoms with Crippen LogP contribution in [0.1, 0.15) is 0 Å². The van der Waals surface area contributed by atoms with Crippen molar-refractivity contribution in [2.45, 2.75) is 4.21 Å². The Morgan fingerprint density at radius 2 is 1.83 bits per heavy atom. The van der Waals surface area contributed by atoms with Crippen LogP contribution in [0.3, 0.4) is 0 Å². The number of rotatable bonds is 5. The van der Waals surface area contributed by atoms with Crippen molar-refractivity contribution in [3.8, 4) is 5.69 Å². The number of hydrogen-bond donors (Lipinski definition) is 3. The number of amides is 2. The van der Waals surface area contributed by atoms with E-state index in [1.54, 1.807) is 0 Å². The van der Waals surface area contributed by atoms with Gasteiger partial charge in [0.1, 0.15) is 10.0 Å². The van der Waals surface area contributed by atoms with E-state index in [0.29, 0.717) is 4.31 Å². The average Bonchev–Trinajstić information content (AvgIpc) is 3.22. The van der Waals surface area contributed by atoms with E-state index >= 15 is 0 Å². The number of primary amides is 1. The number of fused-ring (bicyclic) bond motifs is 1. The van der Waals surface area contributed by atoms with Crippen LogP contribution in [0.2, 0.25) is 4.34 Å². The normalized spacial score (nSPS) is 11.2. The molecule has 35 heavy (non-hydrogen) atoms. The number of thiophene rings is 1. The van der Waals surface area contributed by atoms with E-state index in [4.69, 9.17) is 17.3 Å². The second kappa shape index (κ2) is 10.5. The molecule has 2 aromatic heterocycles. The molecule has 0 aliphatic carbocycles. The Bertz CT molecular complexity index is 1670. The Labute approximate surface area is 249 Å². The van der Waals surface area contributed by atoms with E-state index in [1.807, 2.05) is 0 Å². The molecule has 0 spiro atoms. The number of anilines is 2. The van der Waals surface area contributed by atoms with Crippen molar-refractivity contribution in [3.63, 3.8) is 0 Å². The average molecular weight is 564 g/mol. The van der Waals surface area contributed by atoms with Crippen molar-refractivity contribution in [2.75, 3.05) is 16.7 Å². The first-order valence-corrected chi connectivity index (χ1v) is 12.0. The minimum atomic E-state index is -4.36. The molecule has 0 radical (unpaired) electrons. The Morgan fingerprint density at radius 1 is 1.17 bits per heavy atom. The summed E-state index contributed by atoms with van der Waals surface area (Å²) in [5, 5.41) is 2.55. The molecular formula is C20H16ClFKN5O5S2. The van der Waals surface area contributed by atoms with Gasteiger partial charge in [-0.2, -0.15) is 12.7 Å². The van der Waals surface area contributed by atoms with Crippen LogP contribution in [0.25, 0.3) is 16.6 Å². The van der Waals surface area contributed by atoms with Crippen LogP contribution in [-0.4, -0.2) is 82.4 Å². The van der Waals surface area contributed by atoms with Crippen LogP contribution in [0.15, 0.2) is 62.3 Å². The Hall–Kier alpha value is -2.04. The molecule has 0 unspecified atom stereocenters. The number of carbonyl (C=O) groups is 1. The number of nitrogens with one attached hydrogen (secondary N) is 2. The molecule has 2 aromatic carbocycles. The third kappa shape index (κ3) is 5.10. The van der Waals surface area contributed by atoms with E-state index < -0.39 is 33.1 Å². The fraction of sp³-hybridized carbons (Fsp3) is 0.0500. The molecule has 4 N–H and O–H groups in total. The molecule has 0 bridgehead atoms. The molecule has 178 valence electrons.